The van der Waals surface area contributed by atoms with Crippen LogP contribution in [0.1, 0.15) is 22.3 Å². The average Bonchev–Trinajstić information content (AvgIpc) is 2.67. The number of nitrogens with one attached hydrogen (secondary N) is 4. The number of thioether (sulfide) groups is 1. The minimum Gasteiger partial charge on any atom is -0.329 e. The van der Waals surface area contributed by atoms with Gasteiger partial charge in [0.25, 0.3) is 0 Å². The molecule has 1 aliphatic rings. The molecule has 1 saturated heterocycles. The number of hydrogen-bond donors (Lipinski definition) is 4. The van der Waals surface area contributed by atoms with Crippen molar-refractivity contribution in [2.45, 2.75) is 38.7 Å². The minimum atomic E-state index is -0.356. The highest BCUT2D eigenvalue weighted by atomic mass is 32.2. The molecule has 0 bridgehead atoms. The summed E-state index contributed by atoms with van der Waals surface area (Å²) in [6.07, 6.45) is 0.601. The topological polar surface area (TPSA) is 82.3 Å². The summed E-state index contributed by atoms with van der Waals surface area (Å²) in [5.74, 6) is 0.0583. The number of anilines is 1. The number of carbonyl (C=O) groups is 2. The van der Waals surface area contributed by atoms with Gasteiger partial charge in [-0.15, -0.1) is 11.8 Å². The fourth-order valence-corrected chi connectivity index (χ4v) is 3.78. The van der Waals surface area contributed by atoms with Gasteiger partial charge in [0.2, 0.25) is 11.8 Å². The van der Waals surface area contributed by atoms with Gasteiger partial charge >= 0.3 is 0 Å². The van der Waals surface area contributed by atoms with E-state index >= 15 is 0 Å². The van der Waals surface area contributed by atoms with Crippen LogP contribution in [-0.4, -0.2) is 29.1 Å². The number of para-hydroxylation sites is 1. The van der Waals surface area contributed by atoms with E-state index in [1.54, 1.807) is 0 Å². The maximum atomic E-state index is 12.4. The third-order valence-corrected chi connectivity index (χ3v) is 5.66. The first kappa shape index (κ1) is 20.4. The number of aryl methyl sites for hydroxylation is 3. The zero-order valence-electron chi connectivity index (χ0n) is 16.3. The molecular weight excluding hydrogens is 372 g/mol. The number of hydrazine groups is 1. The normalized spacial score (nSPS) is 19.2. The molecule has 0 aliphatic carbocycles. The lowest BCUT2D eigenvalue weighted by molar-refractivity contribution is -0.125. The molecule has 7 heteroatoms. The molecule has 28 heavy (non-hydrogen) atoms. The quantitative estimate of drug-likeness (QED) is 0.601. The lowest BCUT2D eigenvalue weighted by Gasteiger charge is -2.31. The Morgan fingerprint density at radius 1 is 1.04 bits per heavy atom. The van der Waals surface area contributed by atoms with Gasteiger partial charge in [0.1, 0.15) is 11.5 Å². The highest BCUT2D eigenvalue weighted by Gasteiger charge is 2.27. The van der Waals surface area contributed by atoms with E-state index < -0.39 is 0 Å². The maximum absolute atomic E-state index is 12.4. The van der Waals surface area contributed by atoms with Gasteiger partial charge < -0.3 is 10.6 Å². The predicted molar refractivity (Wildman–Crippen MR) is 114 cm³/mol. The highest BCUT2D eigenvalue weighted by molar-refractivity contribution is 8.00. The summed E-state index contributed by atoms with van der Waals surface area (Å²) in [7, 11) is 0. The number of benzene rings is 2. The van der Waals surface area contributed by atoms with Crippen molar-refractivity contribution in [3.05, 3.63) is 64.7 Å². The molecule has 1 heterocycles. The second kappa shape index (κ2) is 9.23. The first-order valence-corrected chi connectivity index (χ1v) is 10.3. The fraction of sp³-hybridized carbons (Fsp3) is 0.333. The van der Waals surface area contributed by atoms with Crippen molar-refractivity contribution in [3.63, 3.8) is 0 Å². The lowest BCUT2D eigenvalue weighted by Crippen LogP contribution is -2.64. The van der Waals surface area contributed by atoms with E-state index in [2.05, 4.69) is 21.5 Å². The van der Waals surface area contributed by atoms with Gasteiger partial charge in [-0.1, -0.05) is 48.0 Å². The SMILES string of the molecule is Cc1ccc(CC2NNC(SCC(=O)Nc3c(C)cccc3C)NC2=O)cc1. The van der Waals surface area contributed by atoms with Crippen molar-refractivity contribution in [2.24, 2.45) is 0 Å². The second-order valence-corrected chi connectivity index (χ2v) is 8.14. The Bertz CT molecular complexity index is 834. The van der Waals surface area contributed by atoms with Crippen molar-refractivity contribution < 1.29 is 9.59 Å². The lowest BCUT2D eigenvalue weighted by atomic mass is 10.0. The van der Waals surface area contributed by atoms with E-state index in [4.69, 9.17) is 0 Å². The van der Waals surface area contributed by atoms with Crippen LogP contribution in [0.3, 0.4) is 0 Å². The molecule has 2 atom stereocenters. The van der Waals surface area contributed by atoms with Gasteiger partial charge in [-0.25, -0.2) is 10.9 Å². The van der Waals surface area contributed by atoms with Gasteiger partial charge in [0.15, 0.2) is 0 Å². The molecule has 2 aromatic carbocycles. The van der Waals surface area contributed by atoms with Crippen LogP contribution in [0.15, 0.2) is 42.5 Å². The standard InChI is InChI=1S/C21H26N4O2S/c1-13-7-9-16(10-8-13)11-17-20(27)23-21(25-24-17)28-12-18(26)22-19-14(2)5-4-6-15(19)3/h4-10,17,21,24-25H,11-12H2,1-3H3,(H,22,26)(H,23,27). The second-order valence-electron chi connectivity index (χ2n) is 7.05. The molecular formula is C21H26N4O2S. The van der Waals surface area contributed by atoms with Crippen molar-refractivity contribution in [1.29, 1.82) is 0 Å². The zero-order valence-corrected chi connectivity index (χ0v) is 17.2. The Hall–Kier alpha value is -2.35. The zero-order chi connectivity index (χ0) is 20.1. The summed E-state index contributed by atoms with van der Waals surface area (Å²) < 4.78 is 0. The van der Waals surface area contributed by atoms with Crippen molar-refractivity contribution >= 4 is 29.3 Å². The minimum absolute atomic E-state index is 0.0769. The summed E-state index contributed by atoms with van der Waals surface area (Å²) in [6, 6.07) is 13.7. The summed E-state index contributed by atoms with van der Waals surface area (Å²) in [5, 5.41) is 5.87. The van der Waals surface area contributed by atoms with Gasteiger partial charge in [0.05, 0.1) is 5.75 Å². The van der Waals surface area contributed by atoms with Crippen LogP contribution in [-0.2, 0) is 16.0 Å². The molecule has 3 rings (SSSR count). The summed E-state index contributed by atoms with van der Waals surface area (Å²) in [4.78, 5) is 24.7. The Balaban J connectivity index is 1.46. The van der Waals surface area contributed by atoms with Crippen molar-refractivity contribution in [1.82, 2.24) is 16.2 Å². The van der Waals surface area contributed by atoms with Gasteiger partial charge in [-0.2, -0.15) is 0 Å². The Morgan fingerprint density at radius 2 is 1.71 bits per heavy atom. The molecule has 1 aliphatic heterocycles. The summed E-state index contributed by atoms with van der Waals surface area (Å²) in [5.41, 5.74) is 11.0. The molecule has 148 valence electrons. The largest absolute Gasteiger partial charge is 0.329 e. The van der Waals surface area contributed by atoms with Crippen LogP contribution >= 0.6 is 11.8 Å². The average molecular weight is 399 g/mol. The van der Waals surface area contributed by atoms with Gasteiger partial charge in [-0.05, 0) is 43.9 Å². The summed E-state index contributed by atoms with van der Waals surface area (Å²) >= 11 is 1.33. The molecule has 2 amide bonds. The monoisotopic (exact) mass is 398 g/mol. The highest BCUT2D eigenvalue weighted by Crippen LogP contribution is 2.20. The number of amides is 2. The molecule has 6 nitrogen and oxygen atoms in total. The van der Waals surface area contributed by atoms with E-state index in [9.17, 15) is 9.59 Å². The molecule has 2 unspecified atom stereocenters. The third kappa shape index (κ3) is 5.34. The third-order valence-electron chi connectivity index (χ3n) is 4.67. The molecule has 0 aromatic heterocycles. The maximum Gasteiger partial charge on any atom is 0.240 e. The van der Waals surface area contributed by atoms with Crippen LogP contribution in [0.5, 0.6) is 0 Å². The predicted octanol–water partition coefficient (Wildman–Crippen LogP) is 2.40. The molecule has 0 radical (unpaired) electrons. The first-order chi connectivity index (χ1) is 13.4. The smallest absolute Gasteiger partial charge is 0.240 e. The van der Waals surface area contributed by atoms with E-state index in [0.29, 0.717) is 6.42 Å². The molecule has 4 N–H and O–H groups in total. The molecule has 1 fully saturated rings. The van der Waals surface area contributed by atoms with E-state index in [1.165, 1.54) is 17.3 Å². The Kier molecular flexibility index (Phi) is 6.72. The fourth-order valence-electron chi connectivity index (χ4n) is 3.04. The number of hydrogen-bond acceptors (Lipinski definition) is 5. The Labute approximate surface area is 169 Å². The molecule has 2 aromatic rings. The van der Waals surface area contributed by atoms with Gasteiger partial charge in [-0.3, -0.25) is 9.59 Å². The number of rotatable bonds is 6. The van der Waals surface area contributed by atoms with Crippen LogP contribution in [0.2, 0.25) is 0 Å². The van der Waals surface area contributed by atoms with Crippen LogP contribution in [0, 0.1) is 20.8 Å². The van der Waals surface area contributed by atoms with E-state index in [1.807, 2.05) is 63.2 Å². The van der Waals surface area contributed by atoms with Crippen molar-refractivity contribution in [2.75, 3.05) is 11.1 Å². The van der Waals surface area contributed by atoms with Crippen LogP contribution in [0.4, 0.5) is 5.69 Å². The van der Waals surface area contributed by atoms with E-state index in [-0.39, 0.29) is 29.1 Å². The number of carbonyl (C=O) groups excluding carboxylic acids is 2. The van der Waals surface area contributed by atoms with Crippen molar-refractivity contribution in [3.8, 4) is 0 Å². The van der Waals surface area contributed by atoms with Crippen LogP contribution < -0.4 is 21.5 Å². The molecule has 0 spiro atoms. The summed E-state index contributed by atoms with van der Waals surface area (Å²) in [6.45, 7) is 5.98. The first-order valence-electron chi connectivity index (χ1n) is 9.27. The van der Waals surface area contributed by atoms with Gasteiger partial charge in [0, 0.05) is 5.69 Å². The Morgan fingerprint density at radius 3 is 2.36 bits per heavy atom. The van der Waals surface area contributed by atoms with Crippen LogP contribution in [0.25, 0.3) is 0 Å². The molecule has 0 saturated carbocycles. The van der Waals surface area contributed by atoms with E-state index in [0.717, 1.165) is 22.4 Å².